The Bertz CT molecular complexity index is 1320. The van der Waals surface area contributed by atoms with Crippen molar-refractivity contribution in [2.75, 3.05) is 6.61 Å². The van der Waals surface area contributed by atoms with Crippen LogP contribution in [0.4, 0.5) is 0 Å². The molecule has 0 bridgehead atoms. The molecule has 0 heterocycles. The maximum Gasteiger partial charge on any atom is 0.308 e. The van der Waals surface area contributed by atoms with Crippen molar-refractivity contribution in [3.8, 4) is 0 Å². The van der Waals surface area contributed by atoms with Crippen molar-refractivity contribution >= 4 is 35.6 Å². The summed E-state index contributed by atoms with van der Waals surface area (Å²) in [5.74, 6) is -9.00. The van der Waals surface area contributed by atoms with Crippen LogP contribution in [0.3, 0.4) is 0 Å². The summed E-state index contributed by atoms with van der Waals surface area (Å²) in [6.07, 6.45) is -3.70. The molecule has 264 valence electrons. The standard InChI is InChI=1S/C35H52O12/c1-12-23(38)45-26-18(6)14-35(42)25(26)28(46-30(40)17(4)5)34(15-43-29(39)16(2)3)22(44-19(7)36)13-21-24(32(21,9)10)27(34)33(11,31(35)41)47-20(8)37/h16-18,21-22,24-28,42H,12-15H2,1-11H3. The third kappa shape index (κ3) is 5.86. The van der Waals surface area contributed by atoms with Gasteiger partial charge in [-0.2, -0.15) is 0 Å². The number of fused-ring (bicyclic) bond motifs is 4. The minimum Gasteiger partial charge on any atom is -0.465 e. The molecular weight excluding hydrogens is 612 g/mol. The third-order valence-electron chi connectivity index (χ3n) is 11.4. The summed E-state index contributed by atoms with van der Waals surface area (Å²) in [5.41, 5.74) is -6.61. The molecule has 0 amide bonds. The highest BCUT2D eigenvalue weighted by Crippen LogP contribution is 2.76. The Balaban J connectivity index is 2.17. The Labute approximate surface area is 276 Å². The average molecular weight is 665 g/mol. The summed E-state index contributed by atoms with van der Waals surface area (Å²) in [6.45, 7) is 17.2. The lowest BCUT2D eigenvalue weighted by Crippen LogP contribution is -2.66. The summed E-state index contributed by atoms with van der Waals surface area (Å²) < 4.78 is 30.5. The van der Waals surface area contributed by atoms with Gasteiger partial charge in [0.1, 0.15) is 30.5 Å². The molecule has 0 aromatic heterocycles. The van der Waals surface area contributed by atoms with Crippen LogP contribution in [0.1, 0.15) is 95.4 Å². The van der Waals surface area contributed by atoms with Crippen LogP contribution < -0.4 is 0 Å². The van der Waals surface area contributed by atoms with Crippen molar-refractivity contribution in [3.63, 3.8) is 0 Å². The Hall–Kier alpha value is -3.02. The molecule has 12 nitrogen and oxygen atoms in total. The minimum absolute atomic E-state index is 0.00227. The molecule has 4 aliphatic carbocycles. The highest BCUT2D eigenvalue weighted by molar-refractivity contribution is 5.98. The molecule has 11 atom stereocenters. The Morgan fingerprint density at radius 3 is 2.00 bits per heavy atom. The molecule has 0 saturated heterocycles. The number of ketones is 1. The van der Waals surface area contributed by atoms with Gasteiger partial charge in [-0.25, -0.2) is 0 Å². The predicted molar refractivity (Wildman–Crippen MR) is 165 cm³/mol. The molecule has 0 aromatic carbocycles. The molecule has 4 aliphatic rings. The molecule has 0 aromatic rings. The van der Waals surface area contributed by atoms with Crippen molar-refractivity contribution in [2.24, 2.45) is 52.3 Å². The number of hydrogen-bond acceptors (Lipinski definition) is 12. The lowest BCUT2D eigenvalue weighted by Gasteiger charge is -2.55. The zero-order valence-corrected chi connectivity index (χ0v) is 29.5. The fourth-order valence-corrected chi connectivity index (χ4v) is 9.30. The first-order valence-electron chi connectivity index (χ1n) is 16.8. The number of rotatable bonds is 9. The molecule has 4 rings (SSSR count). The molecule has 0 aliphatic heterocycles. The van der Waals surface area contributed by atoms with E-state index in [1.165, 1.54) is 13.8 Å². The van der Waals surface area contributed by atoms with Gasteiger partial charge in [0.05, 0.1) is 23.2 Å². The fraction of sp³-hybridized carbons (Fsp3) is 0.829. The van der Waals surface area contributed by atoms with Gasteiger partial charge in [0.25, 0.3) is 0 Å². The second-order valence-corrected chi connectivity index (χ2v) is 15.6. The van der Waals surface area contributed by atoms with Crippen molar-refractivity contribution in [1.82, 2.24) is 0 Å². The van der Waals surface area contributed by atoms with Gasteiger partial charge in [0.15, 0.2) is 5.60 Å². The summed E-state index contributed by atoms with van der Waals surface area (Å²) >= 11 is 0. The molecule has 47 heavy (non-hydrogen) atoms. The molecular formula is C35H52O12. The van der Waals surface area contributed by atoms with Gasteiger partial charge in [-0.15, -0.1) is 0 Å². The van der Waals surface area contributed by atoms with E-state index < -0.39 is 112 Å². The summed E-state index contributed by atoms with van der Waals surface area (Å²) in [6, 6.07) is 0. The number of hydrogen-bond donors (Lipinski definition) is 1. The Morgan fingerprint density at radius 1 is 0.894 bits per heavy atom. The monoisotopic (exact) mass is 664 g/mol. The van der Waals surface area contributed by atoms with Crippen molar-refractivity contribution in [2.45, 2.75) is 125 Å². The number of aliphatic hydroxyl groups is 1. The van der Waals surface area contributed by atoms with E-state index in [1.54, 1.807) is 41.5 Å². The van der Waals surface area contributed by atoms with E-state index in [9.17, 15) is 29.1 Å². The van der Waals surface area contributed by atoms with Gasteiger partial charge in [-0.1, -0.05) is 55.4 Å². The third-order valence-corrected chi connectivity index (χ3v) is 11.4. The maximum absolute atomic E-state index is 15.1. The quantitative estimate of drug-likeness (QED) is 0.281. The SMILES string of the molecule is CCC(=O)OC1C(C)CC2(O)C(=O)C(C)(OC(C)=O)C3C4C(CC(OC(C)=O)C3(COC(=O)C(C)C)C(OC(=O)C(C)C)C12)C4(C)C. The first-order chi connectivity index (χ1) is 21.6. The largest absolute Gasteiger partial charge is 0.465 e. The molecule has 0 radical (unpaired) electrons. The van der Waals surface area contributed by atoms with Crippen LogP contribution in [0.2, 0.25) is 0 Å². The van der Waals surface area contributed by atoms with Gasteiger partial charge < -0.3 is 28.8 Å². The molecule has 1 N–H and O–H groups in total. The van der Waals surface area contributed by atoms with Crippen LogP contribution in [0.25, 0.3) is 0 Å². The van der Waals surface area contributed by atoms with E-state index >= 15 is 4.79 Å². The number of carbonyl (C=O) groups is 6. The Morgan fingerprint density at radius 2 is 1.49 bits per heavy atom. The van der Waals surface area contributed by atoms with Crippen LogP contribution in [-0.4, -0.2) is 76.9 Å². The van der Waals surface area contributed by atoms with Gasteiger partial charge in [-0.05, 0) is 42.9 Å². The summed E-state index contributed by atoms with van der Waals surface area (Å²) in [7, 11) is 0. The zero-order valence-electron chi connectivity index (χ0n) is 29.5. The Kier molecular flexibility index (Phi) is 9.76. The normalized spacial score (nSPS) is 39.9. The molecule has 0 spiro atoms. The number of ether oxygens (including phenoxy) is 5. The molecule has 12 heteroatoms. The summed E-state index contributed by atoms with van der Waals surface area (Å²) in [4.78, 5) is 80.7. The van der Waals surface area contributed by atoms with Crippen molar-refractivity contribution in [1.29, 1.82) is 0 Å². The van der Waals surface area contributed by atoms with Crippen LogP contribution >= 0.6 is 0 Å². The van der Waals surface area contributed by atoms with Gasteiger partial charge in [0, 0.05) is 26.2 Å². The topological polar surface area (TPSA) is 169 Å². The van der Waals surface area contributed by atoms with E-state index in [4.69, 9.17) is 23.7 Å². The molecule has 4 saturated carbocycles. The van der Waals surface area contributed by atoms with Gasteiger partial charge in [0.2, 0.25) is 5.78 Å². The average Bonchev–Trinajstić information content (AvgIpc) is 3.40. The highest BCUT2D eigenvalue weighted by Gasteiger charge is 2.84. The van der Waals surface area contributed by atoms with Gasteiger partial charge >= 0.3 is 29.8 Å². The smallest absolute Gasteiger partial charge is 0.308 e. The number of esters is 5. The van der Waals surface area contributed by atoms with E-state index in [0.717, 1.165) is 6.92 Å². The first kappa shape index (κ1) is 36.8. The molecule has 11 unspecified atom stereocenters. The molecule has 4 fully saturated rings. The first-order valence-corrected chi connectivity index (χ1v) is 16.8. The maximum atomic E-state index is 15.1. The van der Waals surface area contributed by atoms with Crippen molar-refractivity contribution < 1.29 is 57.6 Å². The van der Waals surface area contributed by atoms with Crippen LogP contribution in [0.5, 0.6) is 0 Å². The fourth-order valence-electron chi connectivity index (χ4n) is 9.30. The highest BCUT2D eigenvalue weighted by atomic mass is 16.6. The van der Waals surface area contributed by atoms with E-state index in [-0.39, 0.29) is 31.1 Å². The van der Waals surface area contributed by atoms with Crippen LogP contribution in [0, 0.1) is 52.3 Å². The number of Topliss-reactive ketones (excluding diaryl/α,β-unsaturated/α-hetero) is 1. The minimum atomic E-state index is -2.33. The predicted octanol–water partition coefficient (Wildman–Crippen LogP) is 3.58. The second-order valence-electron chi connectivity index (χ2n) is 15.6. The van der Waals surface area contributed by atoms with E-state index in [1.807, 2.05) is 13.8 Å². The lowest BCUT2D eigenvalue weighted by molar-refractivity contribution is -0.241. The second kappa shape index (κ2) is 12.5. The van der Waals surface area contributed by atoms with E-state index in [0.29, 0.717) is 0 Å². The van der Waals surface area contributed by atoms with Crippen LogP contribution in [-0.2, 0) is 52.5 Å². The number of carbonyl (C=O) groups excluding carboxylic acids is 6. The summed E-state index contributed by atoms with van der Waals surface area (Å²) in [5, 5.41) is 12.7. The lowest BCUT2D eigenvalue weighted by atomic mass is 9.55. The van der Waals surface area contributed by atoms with Crippen LogP contribution in [0.15, 0.2) is 0 Å². The zero-order chi connectivity index (χ0) is 35.6. The van der Waals surface area contributed by atoms with E-state index in [2.05, 4.69) is 0 Å². The van der Waals surface area contributed by atoms with Crippen molar-refractivity contribution in [3.05, 3.63) is 0 Å². The van der Waals surface area contributed by atoms with Gasteiger partial charge in [-0.3, -0.25) is 28.8 Å².